The van der Waals surface area contributed by atoms with E-state index in [9.17, 15) is 0 Å². The first-order chi connectivity index (χ1) is 9.74. The largest absolute Gasteiger partial charge is 0.497 e. The molecule has 0 N–H and O–H groups in total. The molecule has 1 aliphatic heterocycles. The van der Waals surface area contributed by atoms with Crippen LogP contribution in [0.15, 0.2) is 12.1 Å². The zero-order chi connectivity index (χ0) is 15.5. The lowest BCUT2D eigenvalue weighted by molar-refractivity contribution is 0.250. The van der Waals surface area contributed by atoms with Crippen molar-refractivity contribution < 1.29 is 18.9 Å². The molecule has 4 nitrogen and oxygen atoms in total. The van der Waals surface area contributed by atoms with Crippen molar-refractivity contribution in [3.63, 3.8) is 0 Å². The number of methoxy groups -OCH3 is 2. The second-order valence-electron chi connectivity index (χ2n) is 3.74. The molecular weight excluding hydrogens is 256 g/mol. The second-order valence-corrected chi connectivity index (χ2v) is 3.74. The lowest BCUT2D eigenvalue weighted by Gasteiger charge is -2.14. The van der Waals surface area contributed by atoms with E-state index in [-0.39, 0.29) is 6.10 Å². The Labute approximate surface area is 123 Å². The van der Waals surface area contributed by atoms with Crippen LogP contribution in [0.1, 0.15) is 33.3 Å². The van der Waals surface area contributed by atoms with Gasteiger partial charge >= 0.3 is 0 Å². The summed E-state index contributed by atoms with van der Waals surface area (Å²) < 4.78 is 21.2. The van der Waals surface area contributed by atoms with Crippen LogP contribution < -0.4 is 14.2 Å². The van der Waals surface area contributed by atoms with Gasteiger partial charge in [0, 0.05) is 6.07 Å². The first kappa shape index (κ1) is 18.6. The first-order valence-electron chi connectivity index (χ1n) is 7.21. The number of aryl methyl sites for hydroxylation is 1. The van der Waals surface area contributed by atoms with E-state index in [2.05, 4.69) is 0 Å². The molecule has 0 radical (unpaired) electrons. The summed E-state index contributed by atoms with van der Waals surface area (Å²) in [6, 6.07) is 3.74. The normalized spacial score (nSPS) is 15.1. The number of rotatable bonds is 5. The van der Waals surface area contributed by atoms with E-state index in [0.29, 0.717) is 12.4 Å². The van der Waals surface area contributed by atoms with Crippen LogP contribution in [0.4, 0.5) is 0 Å². The third-order valence-electron chi connectivity index (χ3n) is 2.49. The average Bonchev–Trinajstić information content (AvgIpc) is 3.33. The first-order valence-corrected chi connectivity index (χ1v) is 7.21. The molecule has 4 heteroatoms. The monoisotopic (exact) mass is 284 g/mol. The molecule has 0 saturated carbocycles. The third-order valence-corrected chi connectivity index (χ3v) is 2.49. The zero-order valence-corrected chi connectivity index (χ0v) is 13.8. The van der Waals surface area contributed by atoms with E-state index < -0.39 is 0 Å². The number of epoxide rings is 1. The van der Waals surface area contributed by atoms with Crippen molar-refractivity contribution in [3.05, 3.63) is 17.7 Å². The quantitative estimate of drug-likeness (QED) is 0.770. The molecule has 0 spiro atoms. The van der Waals surface area contributed by atoms with Gasteiger partial charge in [-0.3, -0.25) is 0 Å². The molecule has 1 heterocycles. The Morgan fingerprint density at radius 1 is 1.10 bits per heavy atom. The Bertz CT molecular complexity index is 373. The summed E-state index contributed by atoms with van der Waals surface area (Å²) in [5.41, 5.74) is 0.997. The molecule has 0 aromatic heterocycles. The minimum atomic E-state index is 0.242. The predicted octanol–water partition coefficient (Wildman–Crippen LogP) is 3.84. The van der Waals surface area contributed by atoms with Crippen LogP contribution in [0.3, 0.4) is 0 Å². The van der Waals surface area contributed by atoms with Gasteiger partial charge in [0.05, 0.1) is 20.8 Å². The molecule has 1 saturated heterocycles. The number of benzene rings is 1. The molecule has 1 atom stereocenters. The minimum Gasteiger partial charge on any atom is -0.497 e. The van der Waals surface area contributed by atoms with Crippen molar-refractivity contribution in [3.8, 4) is 17.2 Å². The maximum atomic E-state index is 5.68. The molecule has 1 unspecified atom stereocenters. The van der Waals surface area contributed by atoms with Gasteiger partial charge in [0.2, 0.25) is 0 Å². The molecule has 1 fully saturated rings. The van der Waals surface area contributed by atoms with Gasteiger partial charge in [0.1, 0.15) is 18.5 Å². The third kappa shape index (κ3) is 5.70. The summed E-state index contributed by atoms with van der Waals surface area (Å²) in [7, 11) is 3.25. The van der Waals surface area contributed by atoms with E-state index in [1.807, 2.05) is 46.8 Å². The fourth-order valence-corrected chi connectivity index (χ4v) is 1.50. The van der Waals surface area contributed by atoms with Crippen LogP contribution in [-0.4, -0.2) is 33.5 Å². The predicted molar refractivity (Wildman–Crippen MR) is 82.2 cm³/mol. The summed E-state index contributed by atoms with van der Waals surface area (Å²) >= 11 is 0. The van der Waals surface area contributed by atoms with Crippen molar-refractivity contribution in [2.45, 2.75) is 40.7 Å². The maximum absolute atomic E-state index is 5.68. The van der Waals surface area contributed by atoms with Crippen LogP contribution in [0, 0.1) is 6.92 Å². The van der Waals surface area contributed by atoms with Gasteiger partial charge in [0.25, 0.3) is 0 Å². The molecule has 0 aliphatic carbocycles. The summed E-state index contributed by atoms with van der Waals surface area (Å²) in [4.78, 5) is 0. The fourth-order valence-electron chi connectivity index (χ4n) is 1.50. The zero-order valence-electron chi connectivity index (χ0n) is 13.8. The molecule has 1 aliphatic rings. The number of ether oxygens (including phenoxy) is 4. The van der Waals surface area contributed by atoms with Crippen LogP contribution >= 0.6 is 0 Å². The highest BCUT2D eigenvalue weighted by molar-refractivity contribution is 5.51. The van der Waals surface area contributed by atoms with Gasteiger partial charge in [-0.25, -0.2) is 0 Å². The van der Waals surface area contributed by atoms with Crippen molar-refractivity contribution in [1.29, 1.82) is 0 Å². The Morgan fingerprint density at radius 2 is 1.70 bits per heavy atom. The molecule has 1 aromatic carbocycles. The maximum Gasteiger partial charge on any atom is 0.164 e. The summed E-state index contributed by atoms with van der Waals surface area (Å²) in [6.07, 6.45) is 0.242. The van der Waals surface area contributed by atoms with Gasteiger partial charge in [0.15, 0.2) is 11.5 Å². The lowest BCUT2D eigenvalue weighted by atomic mass is 10.2. The van der Waals surface area contributed by atoms with Gasteiger partial charge in [-0.1, -0.05) is 27.7 Å². The Hall–Kier alpha value is -1.42. The van der Waals surface area contributed by atoms with Crippen LogP contribution in [0.2, 0.25) is 0 Å². The Morgan fingerprint density at radius 3 is 2.15 bits per heavy atom. The molecule has 0 amide bonds. The fraction of sp³-hybridized carbons (Fsp3) is 0.625. The Balaban J connectivity index is 0.000000829. The van der Waals surface area contributed by atoms with Gasteiger partial charge in [-0.05, 0) is 18.6 Å². The topological polar surface area (TPSA) is 40.2 Å². The summed E-state index contributed by atoms with van der Waals surface area (Å²) in [6.45, 7) is 11.3. The van der Waals surface area contributed by atoms with E-state index in [4.69, 9.17) is 18.9 Å². The van der Waals surface area contributed by atoms with E-state index in [0.717, 1.165) is 23.7 Å². The van der Waals surface area contributed by atoms with Crippen LogP contribution in [0.25, 0.3) is 0 Å². The highest BCUT2D eigenvalue weighted by atomic mass is 16.6. The van der Waals surface area contributed by atoms with Crippen LogP contribution in [0.5, 0.6) is 17.2 Å². The second kappa shape index (κ2) is 10.4. The Kier molecular flexibility index (Phi) is 9.64. The van der Waals surface area contributed by atoms with Gasteiger partial charge in [-0.2, -0.15) is 0 Å². The molecule has 1 aromatic rings. The number of hydrogen-bond acceptors (Lipinski definition) is 4. The van der Waals surface area contributed by atoms with E-state index >= 15 is 0 Å². The smallest absolute Gasteiger partial charge is 0.164 e. The molecular formula is C16H28O4. The average molecular weight is 284 g/mol. The standard InChI is InChI=1S/C12H16O4.2C2H6/c1-8-4-9(13-2)5-11(14-3)12(8)16-7-10-6-15-10;2*1-2/h4-5,10H,6-7H2,1-3H3;2*1-2H3. The summed E-state index contributed by atoms with van der Waals surface area (Å²) in [5.74, 6) is 2.22. The van der Waals surface area contributed by atoms with Crippen molar-refractivity contribution >= 4 is 0 Å². The van der Waals surface area contributed by atoms with Gasteiger partial charge in [-0.15, -0.1) is 0 Å². The highest BCUT2D eigenvalue weighted by Gasteiger charge is 2.24. The van der Waals surface area contributed by atoms with Crippen molar-refractivity contribution in [2.75, 3.05) is 27.4 Å². The molecule has 20 heavy (non-hydrogen) atoms. The van der Waals surface area contributed by atoms with Gasteiger partial charge < -0.3 is 18.9 Å². The highest BCUT2D eigenvalue weighted by Crippen LogP contribution is 2.35. The molecule has 0 bridgehead atoms. The summed E-state index contributed by atoms with van der Waals surface area (Å²) in [5, 5.41) is 0. The molecule has 2 rings (SSSR count). The lowest BCUT2D eigenvalue weighted by Crippen LogP contribution is -2.06. The van der Waals surface area contributed by atoms with Crippen molar-refractivity contribution in [2.24, 2.45) is 0 Å². The SMILES string of the molecule is CC.CC.COc1cc(C)c(OCC2CO2)c(OC)c1. The van der Waals surface area contributed by atoms with Crippen LogP contribution in [-0.2, 0) is 4.74 Å². The minimum absolute atomic E-state index is 0.242. The van der Waals surface area contributed by atoms with Crippen molar-refractivity contribution in [1.82, 2.24) is 0 Å². The van der Waals surface area contributed by atoms with E-state index in [1.54, 1.807) is 14.2 Å². The molecule has 116 valence electrons. The number of hydrogen-bond donors (Lipinski definition) is 0. The van der Waals surface area contributed by atoms with E-state index in [1.165, 1.54) is 0 Å².